The Labute approximate surface area is 206 Å². The number of rotatable bonds is 7. The molecule has 0 spiro atoms. The summed E-state index contributed by atoms with van der Waals surface area (Å²) >= 11 is 0. The van der Waals surface area contributed by atoms with Crippen LogP contribution in [-0.4, -0.2) is 11.2 Å². The van der Waals surface area contributed by atoms with Gasteiger partial charge in [0.25, 0.3) is 0 Å². The van der Waals surface area contributed by atoms with Crippen LogP contribution in [-0.2, 0) is 12.0 Å². The Kier molecular flexibility index (Phi) is 8.24. The third-order valence-corrected chi connectivity index (χ3v) is 6.78. The van der Waals surface area contributed by atoms with E-state index in [0.717, 1.165) is 29.7 Å². The van der Waals surface area contributed by atoms with Gasteiger partial charge in [-0.3, -0.25) is 0 Å². The van der Waals surface area contributed by atoms with E-state index in [1.165, 1.54) is 16.7 Å². The van der Waals surface area contributed by atoms with Gasteiger partial charge in [-0.2, -0.15) is 0 Å². The summed E-state index contributed by atoms with van der Waals surface area (Å²) in [7, 11) is 0. The van der Waals surface area contributed by atoms with Crippen molar-refractivity contribution < 1.29 is 9.84 Å². The lowest BCUT2D eigenvalue weighted by atomic mass is 9.70. The van der Waals surface area contributed by atoms with Crippen LogP contribution in [0.15, 0.2) is 72.8 Å². The maximum atomic E-state index is 10.2. The molecule has 1 N–H and O–H groups in total. The van der Waals surface area contributed by atoms with Crippen LogP contribution in [0.25, 0.3) is 0 Å². The smallest absolute Gasteiger partial charge is 0.122 e. The number of hydrogen-bond donors (Lipinski definition) is 1. The van der Waals surface area contributed by atoms with Crippen LogP contribution >= 0.6 is 0 Å². The van der Waals surface area contributed by atoms with E-state index in [-0.39, 0.29) is 10.8 Å². The van der Waals surface area contributed by atoms with E-state index in [1.54, 1.807) is 0 Å². The summed E-state index contributed by atoms with van der Waals surface area (Å²) in [6, 6.07) is 25.4. The van der Waals surface area contributed by atoms with Gasteiger partial charge in [0.05, 0.1) is 0 Å². The molecular weight excluding hydrogens is 416 g/mol. The highest BCUT2D eigenvalue weighted by Gasteiger charge is 2.31. The van der Waals surface area contributed by atoms with Crippen LogP contribution in [0.5, 0.6) is 5.75 Å². The van der Waals surface area contributed by atoms with Gasteiger partial charge >= 0.3 is 0 Å². The van der Waals surface area contributed by atoms with Gasteiger partial charge in [0.2, 0.25) is 0 Å². The molecular formula is C32H38O2. The summed E-state index contributed by atoms with van der Waals surface area (Å²) in [5, 5.41) is 10.2. The number of aliphatic hydroxyl groups is 1. The summed E-state index contributed by atoms with van der Waals surface area (Å²) in [5.74, 6) is 7.05. The molecule has 178 valence electrons. The topological polar surface area (TPSA) is 29.5 Å². The van der Waals surface area contributed by atoms with Crippen molar-refractivity contribution in [1.82, 2.24) is 0 Å². The first-order valence-electron chi connectivity index (χ1n) is 12.3. The van der Waals surface area contributed by atoms with Crippen molar-refractivity contribution in [3.63, 3.8) is 0 Å². The molecule has 0 aliphatic heterocycles. The van der Waals surface area contributed by atoms with Gasteiger partial charge < -0.3 is 9.84 Å². The highest BCUT2D eigenvalue weighted by Crippen LogP contribution is 2.40. The van der Waals surface area contributed by atoms with E-state index in [1.807, 2.05) is 39.0 Å². The number of aryl methyl sites for hydroxylation is 1. The van der Waals surface area contributed by atoms with Crippen molar-refractivity contribution >= 4 is 0 Å². The molecule has 0 bridgehead atoms. The first-order valence-corrected chi connectivity index (χ1v) is 12.3. The van der Waals surface area contributed by atoms with Crippen LogP contribution in [0.2, 0.25) is 0 Å². The first kappa shape index (κ1) is 25.6. The number of benzene rings is 3. The number of ether oxygens (including phenoxy) is 1. The fraction of sp³-hybridized carbons (Fsp3) is 0.375. The molecule has 0 aromatic heterocycles. The minimum Gasteiger partial charge on any atom is -0.489 e. The Bertz CT molecular complexity index is 1120. The molecule has 2 heteroatoms. The monoisotopic (exact) mass is 454 g/mol. The SMILES string of the molecule is CCC(CC)(c1ccc(C#CC(O)C(C)(C)C)cc1)c1ccc(OCc2ccccc2)c(C)c1. The second-order valence-electron chi connectivity index (χ2n) is 10.2. The molecule has 0 radical (unpaired) electrons. The lowest BCUT2D eigenvalue weighted by molar-refractivity contribution is 0.114. The molecule has 0 heterocycles. The van der Waals surface area contributed by atoms with Gasteiger partial charge in [-0.1, -0.05) is 101 Å². The summed E-state index contributed by atoms with van der Waals surface area (Å²) in [6.07, 6.45) is 1.35. The van der Waals surface area contributed by atoms with E-state index in [0.29, 0.717) is 6.61 Å². The summed E-state index contributed by atoms with van der Waals surface area (Å²) in [5.41, 5.74) is 5.52. The Morgan fingerprint density at radius 1 is 0.853 bits per heavy atom. The quantitative estimate of drug-likeness (QED) is 0.376. The van der Waals surface area contributed by atoms with Gasteiger partial charge in [0, 0.05) is 11.0 Å². The largest absolute Gasteiger partial charge is 0.489 e. The van der Waals surface area contributed by atoms with Gasteiger partial charge in [-0.25, -0.2) is 0 Å². The second kappa shape index (κ2) is 10.9. The van der Waals surface area contributed by atoms with Crippen LogP contribution in [0.4, 0.5) is 0 Å². The molecule has 0 fully saturated rings. The fourth-order valence-electron chi connectivity index (χ4n) is 4.32. The van der Waals surface area contributed by atoms with Gasteiger partial charge in [-0.15, -0.1) is 0 Å². The molecule has 3 rings (SSSR count). The summed E-state index contributed by atoms with van der Waals surface area (Å²) < 4.78 is 6.11. The van der Waals surface area contributed by atoms with E-state index < -0.39 is 6.10 Å². The van der Waals surface area contributed by atoms with Crippen molar-refractivity contribution in [1.29, 1.82) is 0 Å². The minimum atomic E-state index is -0.650. The molecule has 0 amide bonds. The Morgan fingerprint density at radius 3 is 2.03 bits per heavy atom. The van der Waals surface area contributed by atoms with Crippen LogP contribution in [0, 0.1) is 24.2 Å². The maximum Gasteiger partial charge on any atom is 0.122 e. The van der Waals surface area contributed by atoms with E-state index in [4.69, 9.17) is 4.74 Å². The van der Waals surface area contributed by atoms with Crippen LogP contribution in [0.1, 0.15) is 75.3 Å². The number of aliphatic hydroxyl groups excluding tert-OH is 1. The second-order valence-corrected chi connectivity index (χ2v) is 10.2. The van der Waals surface area contributed by atoms with Crippen LogP contribution < -0.4 is 4.74 Å². The number of hydrogen-bond acceptors (Lipinski definition) is 2. The highest BCUT2D eigenvalue weighted by molar-refractivity contribution is 5.47. The molecule has 1 atom stereocenters. The summed E-state index contributed by atoms with van der Waals surface area (Å²) in [4.78, 5) is 0. The molecule has 1 unspecified atom stereocenters. The average Bonchev–Trinajstić information content (AvgIpc) is 2.84. The normalized spacial score (nSPS) is 12.6. The lowest BCUT2D eigenvalue weighted by Gasteiger charge is -2.34. The lowest BCUT2D eigenvalue weighted by Crippen LogP contribution is -2.26. The molecule has 2 nitrogen and oxygen atoms in total. The molecule has 0 saturated carbocycles. The molecule has 0 aliphatic carbocycles. The molecule has 3 aromatic rings. The van der Waals surface area contributed by atoms with Crippen molar-refractivity contribution in [3.05, 3.63) is 101 Å². The van der Waals surface area contributed by atoms with Gasteiger partial charge in [0.15, 0.2) is 0 Å². The van der Waals surface area contributed by atoms with Crippen molar-refractivity contribution in [2.45, 2.75) is 72.5 Å². The van der Waals surface area contributed by atoms with Gasteiger partial charge in [-0.05, 0) is 65.6 Å². The Morgan fingerprint density at radius 2 is 1.47 bits per heavy atom. The van der Waals surface area contributed by atoms with Crippen molar-refractivity contribution in [3.8, 4) is 17.6 Å². The first-order chi connectivity index (χ1) is 16.2. The van der Waals surface area contributed by atoms with Crippen LogP contribution in [0.3, 0.4) is 0 Å². The van der Waals surface area contributed by atoms with Crippen molar-refractivity contribution in [2.75, 3.05) is 0 Å². The highest BCUT2D eigenvalue weighted by atomic mass is 16.5. The predicted octanol–water partition coefficient (Wildman–Crippen LogP) is 7.44. The third-order valence-electron chi connectivity index (χ3n) is 6.78. The van der Waals surface area contributed by atoms with Crippen molar-refractivity contribution in [2.24, 2.45) is 5.41 Å². The molecule has 3 aromatic carbocycles. The van der Waals surface area contributed by atoms with Gasteiger partial charge in [0.1, 0.15) is 18.5 Å². The zero-order valence-electron chi connectivity index (χ0n) is 21.5. The van der Waals surface area contributed by atoms with E-state index in [2.05, 4.69) is 87.2 Å². The maximum absolute atomic E-state index is 10.2. The Balaban J connectivity index is 1.84. The molecule has 0 saturated heterocycles. The minimum absolute atomic E-state index is 0.0698. The standard InChI is InChI=1S/C32H38O2/c1-7-32(8-2,27-17-14-25(15-18-27)16-21-30(33)31(4,5)6)28-19-20-29(24(3)22-28)34-23-26-12-10-9-11-13-26/h9-15,17-20,22,30,33H,7-8,23H2,1-6H3. The summed E-state index contributed by atoms with van der Waals surface area (Å²) in [6.45, 7) is 13.2. The Hall–Kier alpha value is -3.02. The molecule has 0 aliphatic rings. The molecule has 34 heavy (non-hydrogen) atoms. The van der Waals surface area contributed by atoms with E-state index >= 15 is 0 Å². The predicted molar refractivity (Wildman–Crippen MR) is 142 cm³/mol. The third kappa shape index (κ3) is 5.91. The fourth-order valence-corrected chi connectivity index (χ4v) is 4.32. The average molecular weight is 455 g/mol. The zero-order valence-corrected chi connectivity index (χ0v) is 21.5. The zero-order chi connectivity index (χ0) is 24.8. The van der Waals surface area contributed by atoms with E-state index in [9.17, 15) is 5.11 Å².